The number of nitrogens with zero attached hydrogens (tertiary/aromatic N) is 1. The van der Waals surface area contributed by atoms with E-state index in [0.29, 0.717) is 11.1 Å². The van der Waals surface area contributed by atoms with Crippen LogP contribution in [0, 0.1) is 0 Å². The number of esters is 4. The van der Waals surface area contributed by atoms with Crippen molar-refractivity contribution in [2.24, 2.45) is 0 Å². The van der Waals surface area contributed by atoms with Gasteiger partial charge < -0.3 is 33.4 Å². The summed E-state index contributed by atoms with van der Waals surface area (Å²) in [6, 6.07) is 5.37. The Hall–Kier alpha value is -4.20. The second kappa shape index (κ2) is 12.4. The maximum absolute atomic E-state index is 12.8. The Kier molecular flexibility index (Phi) is 9.23. The van der Waals surface area contributed by atoms with E-state index in [0.717, 1.165) is 20.8 Å². The van der Waals surface area contributed by atoms with E-state index in [4.69, 9.17) is 28.1 Å². The summed E-state index contributed by atoms with van der Waals surface area (Å²) in [5.41, 5.74) is 0.831. The van der Waals surface area contributed by atoms with Crippen molar-refractivity contribution in [1.29, 1.82) is 0 Å². The largest absolute Gasteiger partial charge is 0.463 e. The lowest BCUT2D eigenvalue weighted by atomic mass is 9.96. The van der Waals surface area contributed by atoms with Gasteiger partial charge in [0, 0.05) is 34.2 Å². The standard InChI is InChI=1S/C24H28N2O12/c1-12(27)25-20-22(35-15(4)30)21(34-14(3)29)18(11-33-13(2)28)36-23(20)38-19(31)9-10-26-16-7-5-6-8-17(16)37-24(26)32/h5-8,18,20-23H,9-11H2,1-4H3,(H,25,27)/t18-,20+,21+,22-,23+/m0/s1. The average Bonchev–Trinajstić information content (AvgIpc) is 3.14. The number of oxazole rings is 1. The summed E-state index contributed by atoms with van der Waals surface area (Å²) in [6.45, 7) is 3.99. The fraction of sp³-hybridized carbons (Fsp3) is 0.500. The van der Waals surface area contributed by atoms with Crippen LogP contribution in [0.15, 0.2) is 33.5 Å². The molecule has 206 valence electrons. The number of carbonyl (C=O) groups excluding carboxylic acids is 5. The molecule has 1 aliphatic heterocycles. The Morgan fingerprint density at radius 1 is 0.921 bits per heavy atom. The van der Waals surface area contributed by atoms with Crippen LogP contribution in [0.3, 0.4) is 0 Å². The highest BCUT2D eigenvalue weighted by molar-refractivity contribution is 5.75. The first-order valence-corrected chi connectivity index (χ1v) is 11.6. The highest BCUT2D eigenvalue weighted by Crippen LogP contribution is 2.28. The van der Waals surface area contributed by atoms with Crippen molar-refractivity contribution in [1.82, 2.24) is 9.88 Å². The molecule has 14 nitrogen and oxygen atoms in total. The summed E-state index contributed by atoms with van der Waals surface area (Å²) in [6.07, 6.45) is -5.75. The van der Waals surface area contributed by atoms with Crippen LogP contribution in [-0.2, 0) is 54.2 Å². The average molecular weight is 536 g/mol. The first-order chi connectivity index (χ1) is 18.0. The summed E-state index contributed by atoms with van der Waals surface area (Å²) in [5.74, 6) is -4.31. The molecule has 1 amide bonds. The lowest BCUT2D eigenvalue weighted by molar-refractivity contribution is -0.271. The molecule has 0 spiro atoms. The Labute approximate surface area is 216 Å². The van der Waals surface area contributed by atoms with Crippen molar-refractivity contribution < 1.29 is 52.1 Å². The monoisotopic (exact) mass is 536 g/mol. The van der Waals surface area contributed by atoms with Crippen LogP contribution < -0.4 is 11.1 Å². The van der Waals surface area contributed by atoms with Gasteiger partial charge in [0.25, 0.3) is 0 Å². The van der Waals surface area contributed by atoms with E-state index in [1.807, 2.05) is 0 Å². The number of rotatable bonds is 9. The first kappa shape index (κ1) is 28.4. The molecular formula is C24H28N2O12. The second-order valence-corrected chi connectivity index (χ2v) is 8.45. The van der Waals surface area contributed by atoms with E-state index in [1.54, 1.807) is 24.3 Å². The third-order valence-corrected chi connectivity index (χ3v) is 5.43. The molecule has 0 aliphatic carbocycles. The molecule has 1 fully saturated rings. The van der Waals surface area contributed by atoms with Crippen molar-refractivity contribution in [3.63, 3.8) is 0 Å². The fourth-order valence-corrected chi connectivity index (χ4v) is 4.01. The predicted octanol–water partition coefficient (Wildman–Crippen LogP) is 0.184. The normalized spacial score (nSPS) is 22.8. The van der Waals surface area contributed by atoms with Crippen LogP contribution in [0.5, 0.6) is 0 Å². The molecule has 0 radical (unpaired) electrons. The maximum Gasteiger partial charge on any atom is 0.419 e. The minimum atomic E-state index is -1.54. The van der Waals surface area contributed by atoms with Crippen LogP contribution >= 0.6 is 0 Å². The molecule has 14 heteroatoms. The number of fused-ring (bicyclic) bond motifs is 1. The van der Waals surface area contributed by atoms with E-state index in [2.05, 4.69) is 5.32 Å². The molecule has 1 saturated heterocycles. The number of hydrogen-bond donors (Lipinski definition) is 1. The molecule has 0 saturated carbocycles. The summed E-state index contributed by atoms with van der Waals surface area (Å²) in [4.78, 5) is 72.1. The number of aryl methyl sites for hydroxylation is 1. The van der Waals surface area contributed by atoms with E-state index >= 15 is 0 Å². The number of amides is 1. The van der Waals surface area contributed by atoms with Crippen molar-refractivity contribution in [2.75, 3.05) is 6.61 Å². The molecule has 2 aromatic rings. The Morgan fingerprint density at radius 3 is 2.21 bits per heavy atom. The van der Waals surface area contributed by atoms with E-state index in [9.17, 15) is 28.8 Å². The molecule has 0 unspecified atom stereocenters. The molecule has 5 atom stereocenters. The van der Waals surface area contributed by atoms with Gasteiger partial charge in [-0.2, -0.15) is 0 Å². The van der Waals surface area contributed by atoms with Crippen molar-refractivity contribution in [3.05, 3.63) is 34.8 Å². The zero-order valence-corrected chi connectivity index (χ0v) is 21.2. The lowest BCUT2D eigenvalue weighted by Gasteiger charge is -2.44. The van der Waals surface area contributed by atoms with E-state index in [-0.39, 0.29) is 13.0 Å². The molecule has 1 aliphatic rings. The SMILES string of the molecule is CC(=O)N[C@H]1[C@@H](OC(=O)CCn2c(=O)oc3ccccc32)O[C@@H](COC(C)=O)[C@@H](OC(C)=O)[C@H]1OC(C)=O. The minimum absolute atomic E-state index is 0.0907. The van der Waals surface area contributed by atoms with Gasteiger partial charge in [-0.05, 0) is 12.1 Å². The van der Waals surface area contributed by atoms with E-state index in [1.165, 1.54) is 11.5 Å². The predicted molar refractivity (Wildman–Crippen MR) is 125 cm³/mol. The Morgan fingerprint density at radius 2 is 1.58 bits per heavy atom. The first-order valence-electron chi connectivity index (χ1n) is 11.6. The van der Waals surface area contributed by atoms with Gasteiger partial charge >= 0.3 is 29.6 Å². The fourth-order valence-electron chi connectivity index (χ4n) is 4.01. The molecule has 38 heavy (non-hydrogen) atoms. The smallest absolute Gasteiger partial charge is 0.419 e. The number of benzene rings is 1. The number of ether oxygens (including phenoxy) is 5. The molecule has 1 N–H and O–H groups in total. The number of carbonyl (C=O) groups is 5. The summed E-state index contributed by atoms with van der Waals surface area (Å²) < 4.78 is 33.3. The second-order valence-electron chi connectivity index (χ2n) is 8.45. The van der Waals surface area contributed by atoms with Gasteiger partial charge in [0.05, 0.1) is 11.9 Å². The molecule has 0 bridgehead atoms. The maximum atomic E-state index is 12.8. The third kappa shape index (κ3) is 7.18. The van der Waals surface area contributed by atoms with Gasteiger partial charge in [-0.25, -0.2) is 4.79 Å². The zero-order chi connectivity index (χ0) is 28.0. The quantitative estimate of drug-likeness (QED) is 0.340. The van der Waals surface area contributed by atoms with Crippen molar-refractivity contribution in [3.8, 4) is 0 Å². The van der Waals surface area contributed by atoms with Crippen LogP contribution in [0.2, 0.25) is 0 Å². The number of nitrogens with one attached hydrogen (secondary N) is 1. The van der Waals surface area contributed by atoms with Gasteiger partial charge in [0.15, 0.2) is 17.8 Å². The summed E-state index contributed by atoms with van der Waals surface area (Å²) >= 11 is 0. The highest BCUT2D eigenvalue weighted by atomic mass is 16.7. The minimum Gasteiger partial charge on any atom is -0.463 e. The van der Waals surface area contributed by atoms with Gasteiger partial charge in [-0.1, -0.05) is 12.1 Å². The number of hydrogen-bond acceptors (Lipinski definition) is 12. The summed E-state index contributed by atoms with van der Waals surface area (Å²) in [5, 5.41) is 2.50. The van der Waals surface area contributed by atoms with Crippen LogP contribution in [0.1, 0.15) is 34.1 Å². The highest BCUT2D eigenvalue weighted by Gasteiger charge is 2.52. The molecule has 3 rings (SSSR count). The van der Waals surface area contributed by atoms with Crippen LogP contribution in [0.4, 0.5) is 0 Å². The molecule has 1 aromatic heterocycles. The van der Waals surface area contributed by atoms with Gasteiger partial charge in [-0.15, -0.1) is 0 Å². The summed E-state index contributed by atoms with van der Waals surface area (Å²) in [7, 11) is 0. The van der Waals surface area contributed by atoms with E-state index < -0.39 is 72.8 Å². The molecular weight excluding hydrogens is 508 g/mol. The van der Waals surface area contributed by atoms with Crippen molar-refractivity contribution in [2.45, 2.75) is 71.3 Å². The van der Waals surface area contributed by atoms with Crippen molar-refractivity contribution >= 4 is 40.9 Å². The van der Waals surface area contributed by atoms with Crippen LogP contribution in [-0.4, -0.2) is 71.6 Å². The topological polar surface area (TPSA) is 179 Å². The van der Waals surface area contributed by atoms with Crippen LogP contribution in [0.25, 0.3) is 11.1 Å². The van der Waals surface area contributed by atoms with Gasteiger partial charge in [0.1, 0.15) is 18.8 Å². The Balaban J connectivity index is 1.85. The lowest BCUT2D eigenvalue weighted by Crippen LogP contribution is -2.66. The molecule has 1 aromatic carbocycles. The third-order valence-electron chi connectivity index (χ3n) is 5.43. The Bertz CT molecular complexity index is 1260. The number of para-hydroxylation sites is 2. The number of aromatic nitrogens is 1. The van der Waals surface area contributed by atoms with Gasteiger partial charge in [-0.3, -0.25) is 28.5 Å². The zero-order valence-electron chi connectivity index (χ0n) is 21.2. The van der Waals surface area contributed by atoms with Gasteiger partial charge in [0.2, 0.25) is 12.2 Å². The molecule has 2 heterocycles.